The molecule has 4 rings (SSSR count). The maximum absolute atomic E-state index is 13.1. The van der Waals surface area contributed by atoms with Crippen molar-refractivity contribution >= 4 is 26.9 Å². The first-order chi connectivity index (χ1) is 17.4. The van der Waals surface area contributed by atoms with Gasteiger partial charge in [-0.3, -0.25) is 0 Å². The van der Waals surface area contributed by atoms with E-state index in [-0.39, 0.29) is 10.9 Å². The fraction of sp³-hybridized carbons (Fsp3) is 0.300. The van der Waals surface area contributed by atoms with Crippen LogP contribution in [0.4, 0.5) is 0 Å². The number of hydrogen-bond donors (Lipinski definition) is 1. The molecule has 0 aliphatic carbocycles. The fourth-order valence-corrected chi connectivity index (χ4v) is 6.21. The number of aryl methyl sites for hydroxylation is 1. The molecule has 0 fully saturated rings. The van der Waals surface area contributed by atoms with Crippen LogP contribution in [0.15, 0.2) is 71.6 Å². The lowest BCUT2D eigenvalue weighted by atomic mass is 10.0. The molecule has 0 aliphatic rings. The van der Waals surface area contributed by atoms with Gasteiger partial charge in [-0.2, -0.15) is 0 Å². The summed E-state index contributed by atoms with van der Waals surface area (Å²) in [5.41, 5.74) is 5.87. The topological polar surface area (TPSA) is 77.4 Å². The zero-order valence-electron chi connectivity index (χ0n) is 22.3. The lowest BCUT2D eigenvalue weighted by Gasteiger charge is -2.21. The van der Waals surface area contributed by atoms with E-state index in [1.165, 1.54) is 0 Å². The Hall–Kier alpha value is -3.42. The molecule has 3 aromatic carbocycles. The Morgan fingerprint density at radius 2 is 1.65 bits per heavy atom. The summed E-state index contributed by atoms with van der Waals surface area (Å²) in [6.45, 7) is 12.4. The number of hydrogen-bond acceptors (Lipinski definition) is 4. The fourth-order valence-electron chi connectivity index (χ4n) is 4.56. The van der Waals surface area contributed by atoms with Crippen LogP contribution < -0.4 is 4.72 Å². The highest BCUT2D eigenvalue weighted by Crippen LogP contribution is 2.30. The number of esters is 1. The van der Waals surface area contributed by atoms with E-state index in [1.54, 1.807) is 19.1 Å². The van der Waals surface area contributed by atoms with E-state index in [0.717, 1.165) is 33.3 Å². The molecular formula is C30H34N2O4S. The Morgan fingerprint density at radius 3 is 2.30 bits per heavy atom. The normalized spacial score (nSPS) is 12.2. The van der Waals surface area contributed by atoms with Crippen molar-refractivity contribution in [2.75, 3.05) is 6.61 Å². The minimum atomic E-state index is -3.68. The van der Waals surface area contributed by atoms with Gasteiger partial charge in [0, 0.05) is 34.2 Å². The molecule has 1 heterocycles. The maximum atomic E-state index is 13.1. The second-order valence-corrected chi connectivity index (χ2v) is 11.9. The van der Waals surface area contributed by atoms with E-state index < -0.39 is 15.6 Å². The molecule has 1 N–H and O–H groups in total. The first-order valence-corrected chi connectivity index (χ1v) is 13.9. The number of aromatic nitrogens is 1. The third kappa shape index (κ3) is 5.63. The van der Waals surface area contributed by atoms with Crippen LogP contribution in [-0.2, 0) is 21.3 Å². The summed E-state index contributed by atoms with van der Waals surface area (Å²) in [5.74, 6) is -0.315. The molecule has 0 saturated carbocycles. The van der Waals surface area contributed by atoms with E-state index in [0.29, 0.717) is 24.3 Å². The number of carbonyl (C=O) groups excluding carboxylic acids is 1. The molecule has 7 heteroatoms. The first kappa shape index (κ1) is 26.6. The van der Waals surface area contributed by atoms with E-state index >= 15 is 0 Å². The molecule has 0 radical (unpaired) electrons. The van der Waals surface area contributed by atoms with E-state index in [1.807, 2.05) is 75.4 Å². The van der Waals surface area contributed by atoms with Gasteiger partial charge in [-0.05, 0) is 82.5 Å². The van der Waals surface area contributed by atoms with Crippen LogP contribution in [0.25, 0.3) is 22.0 Å². The monoisotopic (exact) mass is 518 g/mol. The van der Waals surface area contributed by atoms with Crippen molar-refractivity contribution in [1.82, 2.24) is 9.29 Å². The average Bonchev–Trinajstić information content (AvgIpc) is 3.07. The number of nitrogens with zero attached hydrogens (tertiary/aromatic N) is 1. The summed E-state index contributed by atoms with van der Waals surface area (Å²) in [7, 11) is -3.68. The van der Waals surface area contributed by atoms with Crippen LogP contribution in [0.2, 0.25) is 0 Å². The average molecular weight is 519 g/mol. The second-order valence-electron chi connectivity index (χ2n) is 10.3. The van der Waals surface area contributed by atoms with Gasteiger partial charge in [-0.15, -0.1) is 0 Å². The van der Waals surface area contributed by atoms with Gasteiger partial charge in [0.15, 0.2) is 0 Å². The summed E-state index contributed by atoms with van der Waals surface area (Å²) in [6.07, 6.45) is 0. The van der Waals surface area contributed by atoms with Gasteiger partial charge in [0.2, 0.25) is 10.0 Å². The van der Waals surface area contributed by atoms with Gasteiger partial charge in [-0.1, -0.05) is 42.5 Å². The van der Waals surface area contributed by atoms with Crippen molar-refractivity contribution < 1.29 is 17.9 Å². The molecule has 0 saturated heterocycles. The zero-order chi connectivity index (χ0) is 27.0. The Labute approximate surface area is 219 Å². The second kappa shape index (κ2) is 10.1. The molecule has 1 aromatic heterocycles. The first-order valence-electron chi connectivity index (χ1n) is 12.4. The smallest absolute Gasteiger partial charge is 0.338 e. The zero-order valence-corrected chi connectivity index (χ0v) is 23.1. The Bertz CT molecular complexity index is 1560. The van der Waals surface area contributed by atoms with E-state index in [9.17, 15) is 13.2 Å². The molecule has 0 unspecified atom stereocenters. The predicted octanol–water partition coefficient (Wildman–Crippen LogP) is 6.23. The molecule has 37 heavy (non-hydrogen) atoms. The highest BCUT2D eigenvalue weighted by molar-refractivity contribution is 7.89. The van der Waals surface area contributed by atoms with Gasteiger partial charge in [-0.25, -0.2) is 17.9 Å². The molecule has 0 aliphatic heterocycles. The SMILES string of the molecule is CCOC(=O)c1ccc2c(c1)c(C)c(C)n2Cc1ccc(-c2ccccc2S(=O)(=O)NC(C)(C)C)cc1. The summed E-state index contributed by atoms with van der Waals surface area (Å²) in [6, 6.07) is 20.7. The summed E-state index contributed by atoms with van der Waals surface area (Å²) < 4.78 is 36.3. The van der Waals surface area contributed by atoms with E-state index in [4.69, 9.17) is 4.74 Å². The number of fused-ring (bicyclic) bond motifs is 1. The molecule has 194 valence electrons. The van der Waals surface area contributed by atoms with Crippen LogP contribution in [-0.4, -0.2) is 31.1 Å². The number of sulfonamides is 1. The Kier molecular flexibility index (Phi) is 7.31. The summed E-state index contributed by atoms with van der Waals surface area (Å²) >= 11 is 0. The van der Waals surface area contributed by atoms with Gasteiger partial charge < -0.3 is 9.30 Å². The number of carbonyl (C=O) groups is 1. The largest absolute Gasteiger partial charge is 0.462 e. The highest BCUT2D eigenvalue weighted by Gasteiger charge is 2.24. The molecule has 0 atom stereocenters. The number of nitrogens with one attached hydrogen (secondary N) is 1. The van der Waals surface area contributed by atoms with Crippen molar-refractivity contribution in [3.63, 3.8) is 0 Å². The molecule has 4 aromatic rings. The lowest BCUT2D eigenvalue weighted by molar-refractivity contribution is 0.0526. The van der Waals surface area contributed by atoms with Crippen molar-refractivity contribution in [1.29, 1.82) is 0 Å². The van der Waals surface area contributed by atoms with Crippen LogP contribution in [0.1, 0.15) is 54.9 Å². The molecule has 0 spiro atoms. The quantitative estimate of drug-likeness (QED) is 0.294. The third-order valence-corrected chi connectivity index (χ3v) is 8.19. The number of rotatable bonds is 7. The highest BCUT2D eigenvalue weighted by atomic mass is 32.2. The van der Waals surface area contributed by atoms with Gasteiger partial charge in [0.05, 0.1) is 17.1 Å². The van der Waals surface area contributed by atoms with Crippen molar-refractivity contribution in [3.8, 4) is 11.1 Å². The molecule has 0 amide bonds. The molecule has 0 bridgehead atoms. The van der Waals surface area contributed by atoms with Crippen LogP contribution in [0, 0.1) is 13.8 Å². The van der Waals surface area contributed by atoms with Crippen molar-refractivity contribution in [3.05, 3.63) is 89.1 Å². The molecular weight excluding hydrogens is 484 g/mol. The van der Waals surface area contributed by atoms with Crippen molar-refractivity contribution in [2.45, 2.75) is 58.5 Å². The maximum Gasteiger partial charge on any atom is 0.338 e. The van der Waals surface area contributed by atoms with E-state index in [2.05, 4.69) is 23.1 Å². The standard InChI is InChI=1S/C30H34N2O4S/c1-7-36-29(33)24-16-17-27-26(18-24)20(2)21(3)32(27)19-22-12-14-23(15-13-22)25-10-8-9-11-28(25)37(34,35)31-30(4,5)6/h8-18,31H,7,19H2,1-6H3. The van der Waals surface area contributed by atoms with Crippen molar-refractivity contribution in [2.24, 2.45) is 0 Å². The minimum absolute atomic E-state index is 0.262. The minimum Gasteiger partial charge on any atom is -0.462 e. The van der Waals surface area contributed by atoms with Crippen LogP contribution in [0.3, 0.4) is 0 Å². The predicted molar refractivity (Wildman–Crippen MR) is 148 cm³/mol. The van der Waals surface area contributed by atoms with Gasteiger partial charge in [0.25, 0.3) is 0 Å². The number of benzene rings is 3. The van der Waals surface area contributed by atoms with Crippen LogP contribution in [0.5, 0.6) is 0 Å². The summed E-state index contributed by atoms with van der Waals surface area (Å²) in [5, 5.41) is 1.03. The van der Waals surface area contributed by atoms with Gasteiger partial charge in [0.1, 0.15) is 0 Å². The lowest BCUT2D eigenvalue weighted by Crippen LogP contribution is -2.40. The number of ether oxygens (including phenoxy) is 1. The summed E-state index contributed by atoms with van der Waals surface area (Å²) in [4.78, 5) is 12.5. The molecule has 6 nitrogen and oxygen atoms in total. The Balaban J connectivity index is 1.65. The third-order valence-electron chi connectivity index (χ3n) is 6.37. The Morgan fingerprint density at radius 1 is 0.973 bits per heavy atom. The van der Waals surface area contributed by atoms with Gasteiger partial charge >= 0.3 is 5.97 Å². The van der Waals surface area contributed by atoms with Crippen LogP contribution >= 0.6 is 0 Å².